The number of hydrogen-bond donors (Lipinski definition) is 1. The van der Waals surface area contributed by atoms with Crippen molar-refractivity contribution in [2.24, 2.45) is 5.92 Å². The fourth-order valence-electron chi connectivity index (χ4n) is 2.70. The quantitative estimate of drug-likeness (QED) is 0.909. The van der Waals surface area contributed by atoms with Crippen LogP contribution in [0, 0.1) is 5.92 Å². The molecule has 1 aromatic carbocycles. The molecule has 0 aliphatic carbocycles. The summed E-state index contributed by atoms with van der Waals surface area (Å²) in [6, 6.07) is 9.20. The molecule has 1 saturated heterocycles. The summed E-state index contributed by atoms with van der Waals surface area (Å²) >= 11 is 3.66. The summed E-state index contributed by atoms with van der Waals surface area (Å²) < 4.78 is 1.23. The standard InChI is InChI=1S/C16H25BrN2/c1-3-13(2)16-12-19(10-6-9-18-16)11-14-7-4-5-8-15(14)17/h4-5,7-8,13,16,18H,3,6,9-12H2,1-2H3. The lowest BCUT2D eigenvalue weighted by atomic mass is 9.99. The molecule has 19 heavy (non-hydrogen) atoms. The van der Waals surface area contributed by atoms with Gasteiger partial charge in [-0.15, -0.1) is 0 Å². The number of hydrogen-bond acceptors (Lipinski definition) is 2. The number of nitrogens with zero attached hydrogens (tertiary/aromatic N) is 1. The van der Waals surface area contributed by atoms with Gasteiger partial charge in [0.15, 0.2) is 0 Å². The van der Waals surface area contributed by atoms with Crippen LogP contribution in [0.15, 0.2) is 28.7 Å². The van der Waals surface area contributed by atoms with Crippen LogP contribution >= 0.6 is 15.9 Å². The molecule has 2 atom stereocenters. The van der Waals surface area contributed by atoms with Crippen molar-refractivity contribution in [3.05, 3.63) is 34.3 Å². The number of benzene rings is 1. The first-order valence-corrected chi connectivity index (χ1v) is 8.19. The van der Waals surface area contributed by atoms with Crippen LogP contribution in [0.5, 0.6) is 0 Å². The molecule has 2 nitrogen and oxygen atoms in total. The molecular formula is C16H25BrN2. The molecule has 0 saturated carbocycles. The second kappa shape index (κ2) is 7.41. The smallest absolute Gasteiger partial charge is 0.0245 e. The van der Waals surface area contributed by atoms with Crippen molar-refractivity contribution in [1.82, 2.24) is 10.2 Å². The highest BCUT2D eigenvalue weighted by atomic mass is 79.9. The number of halogens is 1. The van der Waals surface area contributed by atoms with E-state index in [4.69, 9.17) is 0 Å². The number of nitrogens with one attached hydrogen (secondary N) is 1. The third-order valence-corrected chi connectivity index (χ3v) is 4.97. The van der Waals surface area contributed by atoms with Crippen LogP contribution in [-0.4, -0.2) is 30.6 Å². The molecule has 2 unspecified atom stereocenters. The monoisotopic (exact) mass is 324 g/mol. The van der Waals surface area contributed by atoms with Crippen molar-refractivity contribution >= 4 is 15.9 Å². The molecule has 106 valence electrons. The Labute approximate surface area is 125 Å². The van der Waals surface area contributed by atoms with Crippen LogP contribution < -0.4 is 5.32 Å². The summed E-state index contributed by atoms with van der Waals surface area (Å²) in [5.74, 6) is 0.750. The third-order valence-electron chi connectivity index (χ3n) is 4.20. The first kappa shape index (κ1) is 15.0. The topological polar surface area (TPSA) is 15.3 Å². The molecule has 0 radical (unpaired) electrons. The van der Waals surface area contributed by atoms with Crippen LogP contribution in [0.25, 0.3) is 0 Å². The average molecular weight is 325 g/mol. The molecule has 1 heterocycles. The van der Waals surface area contributed by atoms with Gasteiger partial charge < -0.3 is 5.32 Å². The van der Waals surface area contributed by atoms with Gasteiger partial charge in [0, 0.05) is 23.6 Å². The Morgan fingerprint density at radius 2 is 2.21 bits per heavy atom. The Morgan fingerprint density at radius 3 is 2.95 bits per heavy atom. The van der Waals surface area contributed by atoms with Gasteiger partial charge in [-0.2, -0.15) is 0 Å². The van der Waals surface area contributed by atoms with E-state index >= 15 is 0 Å². The average Bonchev–Trinajstić information content (AvgIpc) is 2.66. The van der Waals surface area contributed by atoms with Crippen molar-refractivity contribution < 1.29 is 0 Å². The van der Waals surface area contributed by atoms with Crippen molar-refractivity contribution in [3.63, 3.8) is 0 Å². The molecule has 0 bridgehead atoms. The Kier molecular flexibility index (Phi) is 5.86. The molecule has 1 aliphatic heterocycles. The minimum Gasteiger partial charge on any atom is -0.312 e. The van der Waals surface area contributed by atoms with Crippen LogP contribution in [0.4, 0.5) is 0 Å². The largest absolute Gasteiger partial charge is 0.312 e. The molecular weight excluding hydrogens is 300 g/mol. The summed E-state index contributed by atoms with van der Waals surface area (Å²) in [4.78, 5) is 2.59. The van der Waals surface area contributed by atoms with Gasteiger partial charge in [0.2, 0.25) is 0 Å². The van der Waals surface area contributed by atoms with E-state index in [1.54, 1.807) is 0 Å². The van der Waals surface area contributed by atoms with Gasteiger partial charge in [-0.1, -0.05) is 54.4 Å². The molecule has 3 heteroatoms. The summed E-state index contributed by atoms with van der Waals surface area (Å²) in [5.41, 5.74) is 1.40. The molecule has 1 aromatic rings. The van der Waals surface area contributed by atoms with Gasteiger partial charge >= 0.3 is 0 Å². The second-order valence-corrected chi connectivity index (χ2v) is 6.48. The van der Waals surface area contributed by atoms with E-state index < -0.39 is 0 Å². The molecule has 1 N–H and O–H groups in total. The van der Waals surface area contributed by atoms with Crippen LogP contribution in [-0.2, 0) is 6.54 Å². The van der Waals surface area contributed by atoms with Crippen LogP contribution in [0.2, 0.25) is 0 Å². The fraction of sp³-hybridized carbons (Fsp3) is 0.625. The highest BCUT2D eigenvalue weighted by molar-refractivity contribution is 9.10. The third kappa shape index (κ3) is 4.30. The summed E-state index contributed by atoms with van der Waals surface area (Å²) in [6.45, 7) is 9.21. The van der Waals surface area contributed by atoms with E-state index in [0.717, 1.165) is 25.6 Å². The molecule has 0 aromatic heterocycles. The van der Waals surface area contributed by atoms with E-state index in [0.29, 0.717) is 6.04 Å². The molecule has 0 amide bonds. The highest BCUT2D eigenvalue weighted by Gasteiger charge is 2.21. The van der Waals surface area contributed by atoms with Crippen molar-refractivity contribution in [2.45, 2.75) is 39.3 Å². The maximum atomic E-state index is 3.71. The maximum Gasteiger partial charge on any atom is 0.0245 e. The van der Waals surface area contributed by atoms with Gasteiger partial charge in [0.05, 0.1) is 0 Å². The summed E-state index contributed by atoms with van der Waals surface area (Å²) in [5, 5.41) is 3.71. The maximum absolute atomic E-state index is 3.71. The van der Waals surface area contributed by atoms with Crippen LogP contribution in [0.1, 0.15) is 32.3 Å². The van der Waals surface area contributed by atoms with E-state index in [1.807, 2.05) is 0 Å². The van der Waals surface area contributed by atoms with Gasteiger partial charge in [-0.05, 0) is 37.1 Å². The lowest BCUT2D eigenvalue weighted by Crippen LogP contribution is -2.41. The van der Waals surface area contributed by atoms with Gasteiger partial charge in [-0.3, -0.25) is 4.90 Å². The predicted octanol–water partition coefficient (Wildman–Crippen LogP) is 3.66. The zero-order valence-corrected chi connectivity index (χ0v) is 13.6. The Balaban J connectivity index is 2.01. The second-order valence-electron chi connectivity index (χ2n) is 5.63. The normalized spacial score (nSPS) is 23.0. The zero-order valence-electron chi connectivity index (χ0n) is 12.0. The lowest BCUT2D eigenvalue weighted by Gasteiger charge is -2.28. The molecule has 2 rings (SSSR count). The van der Waals surface area contributed by atoms with E-state index in [2.05, 4.69) is 64.3 Å². The zero-order chi connectivity index (χ0) is 13.7. The number of rotatable bonds is 4. The molecule has 1 fully saturated rings. The SMILES string of the molecule is CCC(C)C1CN(Cc2ccccc2Br)CCCN1. The first-order valence-electron chi connectivity index (χ1n) is 7.40. The Morgan fingerprint density at radius 1 is 1.42 bits per heavy atom. The van der Waals surface area contributed by atoms with Crippen LogP contribution in [0.3, 0.4) is 0 Å². The van der Waals surface area contributed by atoms with Crippen molar-refractivity contribution in [1.29, 1.82) is 0 Å². The Hall–Kier alpha value is -0.380. The summed E-state index contributed by atoms with van der Waals surface area (Å²) in [7, 11) is 0. The van der Waals surface area contributed by atoms with Crippen molar-refractivity contribution in [3.8, 4) is 0 Å². The van der Waals surface area contributed by atoms with E-state index in [1.165, 1.54) is 29.4 Å². The molecule has 0 spiro atoms. The van der Waals surface area contributed by atoms with E-state index in [9.17, 15) is 0 Å². The fourth-order valence-corrected chi connectivity index (χ4v) is 3.11. The minimum absolute atomic E-state index is 0.634. The van der Waals surface area contributed by atoms with Gasteiger partial charge in [-0.25, -0.2) is 0 Å². The van der Waals surface area contributed by atoms with Gasteiger partial charge in [0.25, 0.3) is 0 Å². The predicted molar refractivity (Wildman–Crippen MR) is 85.3 cm³/mol. The lowest BCUT2D eigenvalue weighted by molar-refractivity contribution is 0.231. The highest BCUT2D eigenvalue weighted by Crippen LogP contribution is 2.20. The summed E-state index contributed by atoms with van der Waals surface area (Å²) in [6.07, 6.45) is 2.50. The van der Waals surface area contributed by atoms with Gasteiger partial charge in [0.1, 0.15) is 0 Å². The first-order chi connectivity index (χ1) is 9.20. The minimum atomic E-state index is 0.634. The molecule has 1 aliphatic rings. The Bertz CT molecular complexity index is 394. The van der Waals surface area contributed by atoms with Crippen molar-refractivity contribution in [2.75, 3.05) is 19.6 Å². The van der Waals surface area contributed by atoms with E-state index in [-0.39, 0.29) is 0 Å².